The number of nitrogens with zero attached hydrogens (tertiary/aromatic N) is 4. The van der Waals surface area contributed by atoms with Gasteiger partial charge in [0, 0.05) is 26.6 Å². The highest BCUT2D eigenvalue weighted by Crippen LogP contribution is 2.40. The number of benzene rings is 1. The van der Waals surface area contributed by atoms with Crippen LogP contribution in [-0.2, 0) is 16.0 Å². The Hall–Kier alpha value is -2.41. The van der Waals surface area contributed by atoms with Gasteiger partial charge in [0.05, 0.1) is 18.7 Å². The zero-order valence-electron chi connectivity index (χ0n) is 14.5. The molecule has 0 bridgehead atoms. The van der Waals surface area contributed by atoms with Crippen LogP contribution in [0.25, 0.3) is 11.4 Å². The second kappa shape index (κ2) is 6.48. The van der Waals surface area contributed by atoms with Crippen LogP contribution < -0.4 is 4.74 Å². The van der Waals surface area contributed by atoms with E-state index in [0.29, 0.717) is 12.5 Å². The lowest BCUT2D eigenvalue weighted by Crippen LogP contribution is -2.32. The maximum atomic E-state index is 12.2. The van der Waals surface area contributed by atoms with Crippen LogP contribution in [0.4, 0.5) is 0 Å². The number of methoxy groups -OCH3 is 2. The highest BCUT2D eigenvalue weighted by molar-refractivity contribution is 5.78. The lowest BCUT2D eigenvalue weighted by molar-refractivity contribution is -0.134. The molecule has 1 saturated heterocycles. The molecule has 7 heteroatoms. The normalized spacial score (nSPS) is 21.8. The van der Waals surface area contributed by atoms with Crippen molar-refractivity contribution >= 4 is 5.91 Å². The molecule has 2 atom stereocenters. The second-order valence-corrected chi connectivity index (χ2v) is 6.61. The summed E-state index contributed by atoms with van der Waals surface area (Å²) in [4.78, 5) is 14.1. The lowest BCUT2D eigenvalue weighted by Gasteiger charge is -2.27. The SMILES string of the molecule is COCC(=O)N1C[C@H]2CCc3nnc(-c4ccccc4OC)n3[C@H]2C1. The first kappa shape index (κ1) is 16.1. The Kier molecular flexibility index (Phi) is 4.17. The van der Waals surface area contributed by atoms with Crippen molar-refractivity contribution in [3.8, 4) is 17.1 Å². The molecule has 3 heterocycles. The van der Waals surface area contributed by atoms with Gasteiger partial charge in [-0.05, 0) is 24.5 Å². The minimum Gasteiger partial charge on any atom is -0.496 e. The molecule has 1 aromatic heterocycles. The Bertz CT molecular complexity index is 788. The van der Waals surface area contributed by atoms with E-state index in [1.54, 1.807) is 14.2 Å². The van der Waals surface area contributed by atoms with Gasteiger partial charge in [0.2, 0.25) is 5.91 Å². The maximum Gasteiger partial charge on any atom is 0.248 e. The fourth-order valence-corrected chi connectivity index (χ4v) is 4.02. The van der Waals surface area contributed by atoms with Gasteiger partial charge in [0.15, 0.2) is 5.82 Å². The molecular formula is C18H22N4O3. The van der Waals surface area contributed by atoms with Crippen LogP contribution in [0.3, 0.4) is 0 Å². The first-order chi connectivity index (χ1) is 12.2. The average Bonchev–Trinajstić information content (AvgIpc) is 3.25. The smallest absolute Gasteiger partial charge is 0.248 e. The van der Waals surface area contributed by atoms with Crippen LogP contribution in [0.2, 0.25) is 0 Å². The molecule has 2 aliphatic heterocycles. The molecule has 0 N–H and O–H groups in total. The quantitative estimate of drug-likeness (QED) is 0.843. The molecule has 1 aromatic carbocycles. The summed E-state index contributed by atoms with van der Waals surface area (Å²) in [6.45, 7) is 1.59. The Morgan fingerprint density at radius 3 is 2.88 bits per heavy atom. The Morgan fingerprint density at radius 2 is 2.08 bits per heavy atom. The standard InChI is InChI=1S/C18H22N4O3/c1-24-11-17(23)21-9-12-7-8-16-19-20-18(22(16)14(12)10-21)13-5-3-4-6-15(13)25-2/h3-6,12,14H,7-11H2,1-2H3/t12-,14+/m1/s1. The van der Waals surface area contributed by atoms with E-state index in [2.05, 4.69) is 14.8 Å². The fourth-order valence-electron chi connectivity index (χ4n) is 4.02. The van der Waals surface area contributed by atoms with Gasteiger partial charge in [-0.1, -0.05) is 12.1 Å². The van der Waals surface area contributed by atoms with Gasteiger partial charge < -0.3 is 18.9 Å². The molecular weight excluding hydrogens is 320 g/mol. The monoisotopic (exact) mass is 342 g/mol. The molecule has 0 unspecified atom stereocenters. The van der Waals surface area contributed by atoms with Gasteiger partial charge in [-0.25, -0.2) is 0 Å². The minimum atomic E-state index is 0.0466. The summed E-state index contributed by atoms with van der Waals surface area (Å²) in [7, 11) is 3.22. The number of carbonyl (C=O) groups excluding carboxylic acids is 1. The van der Waals surface area contributed by atoms with E-state index in [0.717, 1.165) is 42.3 Å². The van der Waals surface area contributed by atoms with Crippen LogP contribution in [-0.4, -0.2) is 59.5 Å². The topological polar surface area (TPSA) is 69.5 Å². The number of aryl methyl sites for hydroxylation is 1. The number of aromatic nitrogens is 3. The summed E-state index contributed by atoms with van der Waals surface area (Å²) in [6.07, 6.45) is 1.92. The molecule has 2 aliphatic rings. The molecule has 1 fully saturated rings. The molecule has 2 aromatic rings. The molecule has 0 radical (unpaired) electrons. The predicted octanol–water partition coefficient (Wildman–Crippen LogP) is 1.55. The van der Waals surface area contributed by atoms with Gasteiger partial charge in [-0.3, -0.25) is 4.79 Å². The average molecular weight is 342 g/mol. The minimum absolute atomic E-state index is 0.0466. The van der Waals surface area contributed by atoms with E-state index in [4.69, 9.17) is 9.47 Å². The van der Waals surface area contributed by atoms with Crippen molar-refractivity contribution < 1.29 is 14.3 Å². The number of para-hydroxylation sites is 1. The molecule has 0 aliphatic carbocycles. The van der Waals surface area contributed by atoms with Gasteiger partial charge in [-0.2, -0.15) is 0 Å². The van der Waals surface area contributed by atoms with E-state index in [9.17, 15) is 4.79 Å². The van der Waals surface area contributed by atoms with Crippen molar-refractivity contribution in [1.29, 1.82) is 0 Å². The third-order valence-electron chi connectivity index (χ3n) is 5.21. The predicted molar refractivity (Wildman–Crippen MR) is 91.3 cm³/mol. The first-order valence-electron chi connectivity index (χ1n) is 8.56. The highest BCUT2D eigenvalue weighted by atomic mass is 16.5. The van der Waals surface area contributed by atoms with Gasteiger partial charge in [-0.15, -0.1) is 10.2 Å². The largest absolute Gasteiger partial charge is 0.496 e. The summed E-state index contributed by atoms with van der Waals surface area (Å²) >= 11 is 0. The number of rotatable bonds is 4. The fraction of sp³-hybridized carbons (Fsp3) is 0.500. The number of hydrogen-bond donors (Lipinski definition) is 0. The number of carbonyl (C=O) groups is 1. The number of ether oxygens (including phenoxy) is 2. The number of fused-ring (bicyclic) bond motifs is 3. The Balaban J connectivity index is 1.70. The van der Waals surface area contributed by atoms with Crippen LogP contribution >= 0.6 is 0 Å². The van der Waals surface area contributed by atoms with Gasteiger partial charge in [0.25, 0.3) is 0 Å². The van der Waals surface area contributed by atoms with E-state index in [1.807, 2.05) is 29.2 Å². The van der Waals surface area contributed by atoms with E-state index >= 15 is 0 Å². The highest BCUT2D eigenvalue weighted by Gasteiger charge is 2.41. The lowest BCUT2D eigenvalue weighted by atomic mass is 9.93. The molecule has 1 amide bonds. The third-order valence-corrected chi connectivity index (χ3v) is 5.21. The van der Waals surface area contributed by atoms with Crippen LogP contribution in [0, 0.1) is 5.92 Å². The van der Waals surface area contributed by atoms with Crippen LogP contribution in [0.5, 0.6) is 5.75 Å². The summed E-state index contributed by atoms with van der Waals surface area (Å²) < 4.78 is 12.7. The molecule has 4 rings (SSSR count). The molecule has 132 valence electrons. The summed E-state index contributed by atoms with van der Waals surface area (Å²) in [5, 5.41) is 8.85. The van der Waals surface area contributed by atoms with Gasteiger partial charge >= 0.3 is 0 Å². The summed E-state index contributed by atoms with van der Waals surface area (Å²) in [5.74, 6) is 3.07. The van der Waals surface area contributed by atoms with Crippen molar-refractivity contribution in [2.45, 2.75) is 18.9 Å². The zero-order valence-corrected chi connectivity index (χ0v) is 14.5. The maximum absolute atomic E-state index is 12.2. The first-order valence-corrected chi connectivity index (χ1v) is 8.56. The van der Waals surface area contributed by atoms with E-state index in [-0.39, 0.29) is 18.6 Å². The van der Waals surface area contributed by atoms with E-state index < -0.39 is 0 Å². The Labute approximate surface area is 146 Å². The summed E-state index contributed by atoms with van der Waals surface area (Å²) in [5.41, 5.74) is 0.936. The van der Waals surface area contributed by atoms with Crippen molar-refractivity contribution in [1.82, 2.24) is 19.7 Å². The number of likely N-dealkylation sites (tertiary alicyclic amines) is 1. The van der Waals surface area contributed by atoms with Crippen LogP contribution in [0.1, 0.15) is 18.3 Å². The third kappa shape index (κ3) is 2.68. The molecule has 0 spiro atoms. The van der Waals surface area contributed by atoms with Crippen molar-refractivity contribution in [2.75, 3.05) is 33.9 Å². The van der Waals surface area contributed by atoms with Gasteiger partial charge in [0.1, 0.15) is 18.2 Å². The van der Waals surface area contributed by atoms with Crippen molar-refractivity contribution in [3.05, 3.63) is 30.1 Å². The number of hydrogen-bond acceptors (Lipinski definition) is 5. The molecule has 7 nitrogen and oxygen atoms in total. The van der Waals surface area contributed by atoms with Crippen molar-refractivity contribution in [3.63, 3.8) is 0 Å². The molecule has 25 heavy (non-hydrogen) atoms. The van der Waals surface area contributed by atoms with Crippen LogP contribution in [0.15, 0.2) is 24.3 Å². The number of amides is 1. The van der Waals surface area contributed by atoms with E-state index in [1.165, 1.54) is 0 Å². The Morgan fingerprint density at radius 1 is 1.24 bits per heavy atom. The molecule has 0 saturated carbocycles. The van der Waals surface area contributed by atoms with Crippen molar-refractivity contribution in [2.24, 2.45) is 5.92 Å². The second-order valence-electron chi connectivity index (χ2n) is 6.61. The summed E-state index contributed by atoms with van der Waals surface area (Å²) in [6, 6.07) is 8.06. The zero-order chi connectivity index (χ0) is 17.4.